The van der Waals surface area contributed by atoms with E-state index in [9.17, 15) is 0 Å². The van der Waals surface area contributed by atoms with Crippen LogP contribution in [-0.2, 0) is 6.42 Å². The molecule has 102 valence electrons. The SMILES string of the molecule is CNC(Cc1ccc(OC)c(OC)c1)c1ccco1. The lowest BCUT2D eigenvalue weighted by Gasteiger charge is -2.15. The van der Waals surface area contributed by atoms with Crippen LogP contribution in [0, 0.1) is 0 Å². The third-order valence-corrected chi connectivity index (χ3v) is 3.12. The van der Waals surface area contributed by atoms with Crippen LogP contribution in [0.4, 0.5) is 0 Å². The predicted molar refractivity (Wildman–Crippen MR) is 73.8 cm³/mol. The van der Waals surface area contributed by atoms with E-state index < -0.39 is 0 Å². The second kappa shape index (κ2) is 6.29. The molecule has 0 radical (unpaired) electrons. The summed E-state index contributed by atoms with van der Waals surface area (Å²) in [7, 11) is 5.20. The van der Waals surface area contributed by atoms with Crippen LogP contribution >= 0.6 is 0 Å². The maximum Gasteiger partial charge on any atom is 0.160 e. The van der Waals surface area contributed by atoms with Crippen molar-refractivity contribution in [2.75, 3.05) is 21.3 Å². The van der Waals surface area contributed by atoms with Gasteiger partial charge in [0.05, 0.1) is 26.5 Å². The molecule has 0 saturated carbocycles. The lowest BCUT2D eigenvalue weighted by atomic mass is 10.0. The van der Waals surface area contributed by atoms with Gasteiger partial charge < -0.3 is 19.2 Å². The number of benzene rings is 1. The molecule has 2 aromatic rings. The number of hydrogen-bond donors (Lipinski definition) is 1. The Morgan fingerprint density at radius 1 is 1.16 bits per heavy atom. The molecule has 0 aliphatic rings. The first-order valence-corrected chi connectivity index (χ1v) is 6.20. The summed E-state index contributed by atoms with van der Waals surface area (Å²) in [6.07, 6.45) is 2.51. The standard InChI is InChI=1S/C15H19NO3/c1-16-12(13-5-4-8-19-13)9-11-6-7-14(17-2)15(10-11)18-3/h4-8,10,12,16H,9H2,1-3H3. The van der Waals surface area contributed by atoms with E-state index in [2.05, 4.69) is 5.32 Å². The van der Waals surface area contributed by atoms with Crippen LogP contribution in [0.25, 0.3) is 0 Å². The summed E-state index contributed by atoms with van der Waals surface area (Å²) in [5.41, 5.74) is 1.16. The van der Waals surface area contributed by atoms with Crippen LogP contribution in [0.2, 0.25) is 0 Å². The van der Waals surface area contributed by atoms with Gasteiger partial charge in [0.25, 0.3) is 0 Å². The van der Waals surface area contributed by atoms with Crippen LogP contribution in [0.1, 0.15) is 17.4 Å². The Balaban J connectivity index is 2.18. The minimum atomic E-state index is 0.146. The van der Waals surface area contributed by atoms with Crippen molar-refractivity contribution in [3.05, 3.63) is 47.9 Å². The zero-order valence-corrected chi connectivity index (χ0v) is 11.5. The molecule has 1 atom stereocenters. The first-order chi connectivity index (χ1) is 9.28. The molecule has 0 amide bonds. The van der Waals surface area contributed by atoms with Crippen molar-refractivity contribution in [3.63, 3.8) is 0 Å². The average Bonchev–Trinajstić information content (AvgIpc) is 2.98. The highest BCUT2D eigenvalue weighted by Crippen LogP contribution is 2.29. The number of rotatable bonds is 6. The number of methoxy groups -OCH3 is 2. The molecule has 0 fully saturated rings. The highest BCUT2D eigenvalue weighted by atomic mass is 16.5. The highest BCUT2D eigenvalue weighted by Gasteiger charge is 2.14. The predicted octanol–water partition coefficient (Wildman–Crippen LogP) is 2.80. The Hall–Kier alpha value is -1.94. The van der Waals surface area contributed by atoms with E-state index in [1.807, 2.05) is 37.4 Å². The molecule has 0 bridgehead atoms. The number of likely N-dealkylation sites (N-methyl/N-ethyl adjacent to an activating group) is 1. The molecule has 4 heteroatoms. The maximum absolute atomic E-state index is 5.44. The van der Waals surface area contributed by atoms with Gasteiger partial charge in [-0.15, -0.1) is 0 Å². The summed E-state index contributed by atoms with van der Waals surface area (Å²) in [5, 5.41) is 3.25. The van der Waals surface area contributed by atoms with Gasteiger partial charge in [0.2, 0.25) is 0 Å². The van der Waals surface area contributed by atoms with E-state index >= 15 is 0 Å². The van der Waals surface area contributed by atoms with E-state index in [0.29, 0.717) is 0 Å². The van der Waals surface area contributed by atoms with E-state index in [-0.39, 0.29) is 6.04 Å². The number of furan rings is 1. The smallest absolute Gasteiger partial charge is 0.160 e. The van der Waals surface area contributed by atoms with Crippen molar-refractivity contribution in [3.8, 4) is 11.5 Å². The van der Waals surface area contributed by atoms with Crippen LogP contribution < -0.4 is 14.8 Å². The summed E-state index contributed by atoms with van der Waals surface area (Å²) in [5.74, 6) is 2.41. The van der Waals surface area contributed by atoms with Gasteiger partial charge >= 0.3 is 0 Å². The number of hydrogen-bond acceptors (Lipinski definition) is 4. The summed E-state index contributed by atoms with van der Waals surface area (Å²) in [4.78, 5) is 0. The van der Waals surface area contributed by atoms with Gasteiger partial charge in [-0.05, 0) is 43.3 Å². The maximum atomic E-state index is 5.44. The van der Waals surface area contributed by atoms with Crippen molar-refractivity contribution in [2.24, 2.45) is 0 Å². The van der Waals surface area contributed by atoms with Crippen molar-refractivity contribution < 1.29 is 13.9 Å². The van der Waals surface area contributed by atoms with Gasteiger partial charge in [0.1, 0.15) is 5.76 Å². The molecule has 4 nitrogen and oxygen atoms in total. The topological polar surface area (TPSA) is 43.6 Å². The van der Waals surface area contributed by atoms with Crippen LogP contribution in [0.15, 0.2) is 41.0 Å². The van der Waals surface area contributed by atoms with Gasteiger partial charge in [0, 0.05) is 0 Å². The second-order valence-corrected chi connectivity index (χ2v) is 4.25. The van der Waals surface area contributed by atoms with Gasteiger partial charge in [-0.3, -0.25) is 0 Å². The minimum Gasteiger partial charge on any atom is -0.493 e. The van der Waals surface area contributed by atoms with Gasteiger partial charge in [-0.1, -0.05) is 6.07 Å². The molecule has 1 unspecified atom stereocenters. The van der Waals surface area contributed by atoms with Crippen molar-refractivity contribution in [2.45, 2.75) is 12.5 Å². The summed E-state index contributed by atoms with van der Waals surface area (Å²) in [6.45, 7) is 0. The molecule has 19 heavy (non-hydrogen) atoms. The quantitative estimate of drug-likeness (QED) is 0.868. The second-order valence-electron chi connectivity index (χ2n) is 4.25. The number of ether oxygens (including phenoxy) is 2. The third kappa shape index (κ3) is 3.09. The minimum absolute atomic E-state index is 0.146. The Bertz CT molecular complexity index is 508. The van der Waals surface area contributed by atoms with E-state index in [4.69, 9.17) is 13.9 Å². The molecule has 1 aromatic heterocycles. The Labute approximate surface area is 113 Å². The Kier molecular flexibility index (Phi) is 4.47. The summed E-state index contributed by atoms with van der Waals surface area (Å²) < 4.78 is 16.0. The van der Waals surface area contributed by atoms with E-state index in [1.54, 1.807) is 20.5 Å². The summed E-state index contributed by atoms with van der Waals surface area (Å²) >= 11 is 0. The molecule has 0 saturated heterocycles. The average molecular weight is 261 g/mol. The zero-order valence-electron chi connectivity index (χ0n) is 11.5. The largest absolute Gasteiger partial charge is 0.493 e. The third-order valence-electron chi connectivity index (χ3n) is 3.12. The lowest BCUT2D eigenvalue weighted by molar-refractivity contribution is 0.354. The molecular formula is C15H19NO3. The monoisotopic (exact) mass is 261 g/mol. The lowest BCUT2D eigenvalue weighted by Crippen LogP contribution is -2.18. The molecular weight excluding hydrogens is 242 g/mol. The van der Waals surface area contributed by atoms with E-state index in [0.717, 1.165) is 29.2 Å². The van der Waals surface area contributed by atoms with Crippen LogP contribution in [0.3, 0.4) is 0 Å². The van der Waals surface area contributed by atoms with E-state index in [1.165, 1.54) is 0 Å². The molecule has 1 heterocycles. The molecule has 0 aliphatic heterocycles. The highest BCUT2D eigenvalue weighted by molar-refractivity contribution is 5.43. The first-order valence-electron chi connectivity index (χ1n) is 6.20. The van der Waals surface area contributed by atoms with Crippen LogP contribution in [0.5, 0.6) is 11.5 Å². The Morgan fingerprint density at radius 2 is 1.95 bits per heavy atom. The van der Waals surface area contributed by atoms with Gasteiger partial charge in [-0.25, -0.2) is 0 Å². The molecule has 1 aromatic carbocycles. The Morgan fingerprint density at radius 3 is 2.53 bits per heavy atom. The van der Waals surface area contributed by atoms with Gasteiger partial charge in [0.15, 0.2) is 11.5 Å². The molecule has 0 spiro atoms. The molecule has 0 aliphatic carbocycles. The fraction of sp³-hybridized carbons (Fsp3) is 0.333. The first kappa shape index (κ1) is 13.5. The fourth-order valence-corrected chi connectivity index (χ4v) is 2.08. The number of nitrogens with one attached hydrogen (secondary N) is 1. The van der Waals surface area contributed by atoms with Crippen molar-refractivity contribution in [1.82, 2.24) is 5.32 Å². The fourth-order valence-electron chi connectivity index (χ4n) is 2.08. The molecule has 1 N–H and O–H groups in total. The van der Waals surface area contributed by atoms with Gasteiger partial charge in [-0.2, -0.15) is 0 Å². The zero-order chi connectivity index (χ0) is 13.7. The normalized spacial score (nSPS) is 12.2. The molecule has 2 rings (SSSR count). The summed E-state index contributed by atoms with van der Waals surface area (Å²) in [6, 6.07) is 9.97. The van der Waals surface area contributed by atoms with Crippen LogP contribution in [-0.4, -0.2) is 21.3 Å². The van der Waals surface area contributed by atoms with Crippen molar-refractivity contribution >= 4 is 0 Å². The van der Waals surface area contributed by atoms with Crippen molar-refractivity contribution in [1.29, 1.82) is 0 Å².